The Morgan fingerprint density at radius 2 is 2.07 bits per heavy atom. The van der Waals surface area contributed by atoms with Crippen LogP contribution in [0.3, 0.4) is 0 Å². The maximum absolute atomic E-state index is 7.94. The van der Waals surface area contributed by atoms with Crippen molar-refractivity contribution < 1.29 is 14.6 Å². The topological polar surface area (TPSA) is 64.7 Å². The summed E-state index contributed by atoms with van der Waals surface area (Å²) < 4.78 is 4.29. The summed E-state index contributed by atoms with van der Waals surface area (Å²) in [6.07, 6.45) is 0.850. The van der Waals surface area contributed by atoms with Gasteiger partial charge in [-0.2, -0.15) is 0 Å². The highest BCUT2D eigenvalue weighted by Gasteiger charge is 1.99. The zero-order chi connectivity index (χ0) is 10.4. The van der Waals surface area contributed by atoms with Gasteiger partial charge >= 0.3 is 0 Å². The molecule has 0 aliphatic heterocycles. The molecule has 0 radical (unpaired) electrons. The van der Waals surface area contributed by atoms with Crippen LogP contribution in [0.1, 0.15) is 12.5 Å². The first-order chi connectivity index (χ1) is 6.72. The van der Waals surface area contributed by atoms with Crippen LogP contribution in [-0.2, 0) is 15.8 Å². The van der Waals surface area contributed by atoms with Gasteiger partial charge in [0.2, 0.25) is 0 Å². The zero-order valence-corrected chi connectivity index (χ0v) is 8.66. The Hall–Kier alpha value is -0.590. The second kappa shape index (κ2) is 6.00. The van der Waals surface area contributed by atoms with E-state index in [2.05, 4.69) is 9.37 Å². The van der Waals surface area contributed by atoms with Crippen LogP contribution in [0.2, 0.25) is 0 Å². The van der Waals surface area contributed by atoms with E-state index >= 15 is 0 Å². The summed E-state index contributed by atoms with van der Waals surface area (Å²) in [6, 6.07) is 7.84. The lowest BCUT2D eigenvalue weighted by molar-refractivity contribution is -0.432. The molecule has 0 unspecified atom stereocenters. The SMILES string of the molecule is C[C@@H](N)Cc1ccc(SOOO)cc1. The van der Waals surface area contributed by atoms with Gasteiger partial charge in [0, 0.05) is 10.9 Å². The molecule has 0 spiro atoms. The molecule has 0 heterocycles. The minimum atomic E-state index is 0.158. The van der Waals surface area contributed by atoms with Gasteiger partial charge in [-0.25, -0.2) is 5.26 Å². The molecule has 5 heteroatoms. The quantitative estimate of drug-likeness (QED) is 0.447. The molecule has 0 amide bonds. The largest absolute Gasteiger partial charge is 0.328 e. The van der Waals surface area contributed by atoms with Gasteiger partial charge in [-0.05, 0) is 31.0 Å². The Balaban J connectivity index is 2.50. The molecule has 0 aliphatic carbocycles. The summed E-state index contributed by atoms with van der Waals surface area (Å²) in [5, 5.41) is 11.4. The van der Waals surface area contributed by atoms with Crippen LogP contribution >= 0.6 is 12.0 Å². The van der Waals surface area contributed by atoms with E-state index in [9.17, 15) is 0 Å². The average Bonchev–Trinajstić information content (AvgIpc) is 2.16. The molecule has 1 aromatic rings. The van der Waals surface area contributed by atoms with Crippen molar-refractivity contribution in [2.45, 2.75) is 24.3 Å². The Labute approximate surface area is 87.1 Å². The molecule has 0 aliphatic rings. The number of nitrogens with two attached hydrogens (primary N) is 1. The summed E-state index contributed by atoms with van der Waals surface area (Å²) in [7, 11) is 0. The average molecular weight is 215 g/mol. The van der Waals surface area contributed by atoms with Crippen molar-refractivity contribution in [3.8, 4) is 0 Å². The van der Waals surface area contributed by atoms with E-state index in [-0.39, 0.29) is 6.04 Å². The van der Waals surface area contributed by atoms with Crippen molar-refractivity contribution >= 4 is 12.0 Å². The Morgan fingerprint density at radius 3 is 2.57 bits per heavy atom. The Morgan fingerprint density at radius 1 is 1.43 bits per heavy atom. The minimum absolute atomic E-state index is 0.158. The normalized spacial score (nSPS) is 12.8. The fourth-order valence-corrected chi connectivity index (χ4v) is 1.46. The van der Waals surface area contributed by atoms with Gasteiger partial charge in [0.25, 0.3) is 0 Å². The highest BCUT2D eigenvalue weighted by atomic mass is 32.2. The molecular weight excluding hydrogens is 202 g/mol. The lowest BCUT2D eigenvalue weighted by atomic mass is 10.1. The first kappa shape index (κ1) is 11.5. The third kappa shape index (κ3) is 4.08. The van der Waals surface area contributed by atoms with E-state index in [0.717, 1.165) is 23.4 Å². The summed E-state index contributed by atoms with van der Waals surface area (Å²) in [4.78, 5) is 0.854. The molecule has 3 N–H and O–H groups in total. The van der Waals surface area contributed by atoms with Crippen molar-refractivity contribution in [3.63, 3.8) is 0 Å². The summed E-state index contributed by atoms with van der Waals surface area (Å²) in [5.41, 5.74) is 6.83. The van der Waals surface area contributed by atoms with Crippen molar-refractivity contribution in [1.29, 1.82) is 0 Å². The Bertz CT molecular complexity index is 263. The molecule has 14 heavy (non-hydrogen) atoms. The fourth-order valence-electron chi connectivity index (χ4n) is 1.11. The molecular formula is C9H13NO3S. The van der Waals surface area contributed by atoms with Crippen LogP contribution < -0.4 is 5.73 Å². The monoisotopic (exact) mass is 215 g/mol. The minimum Gasteiger partial charge on any atom is -0.328 e. The number of hydrogen-bond acceptors (Lipinski definition) is 5. The van der Waals surface area contributed by atoms with E-state index in [1.807, 2.05) is 31.2 Å². The smallest absolute Gasteiger partial charge is 0.0714 e. The van der Waals surface area contributed by atoms with Crippen LogP contribution in [0, 0.1) is 0 Å². The van der Waals surface area contributed by atoms with Gasteiger partial charge in [0.15, 0.2) is 0 Å². The molecule has 0 saturated carbocycles. The van der Waals surface area contributed by atoms with Crippen molar-refractivity contribution in [2.24, 2.45) is 5.73 Å². The molecule has 1 atom stereocenters. The predicted molar refractivity (Wildman–Crippen MR) is 54.5 cm³/mol. The van der Waals surface area contributed by atoms with Crippen LogP contribution in [0.5, 0.6) is 0 Å². The van der Waals surface area contributed by atoms with Crippen LogP contribution in [0.4, 0.5) is 0 Å². The molecule has 4 nitrogen and oxygen atoms in total. The van der Waals surface area contributed by atoms with E-state index in [1.54, 1.807) is 0 Å². The molecule has 1 rings (SSSR count). The second-order valence-electron chi connectivity index (χ2n) is 3.05. The van der Waals surface area contributed by atoms with Gasteiger partial charge in [-0.3, -0.25) is 0 Å². The zero-order valence-electron chi connectivity index (χ0n) is 7.84. The van der Waals surface area contributed by atoms with Gasteiger partial charge in [0.1, 0.15) is 0 Å². The lowest BCUT2D eigenvalue weighted by Gasteiger charge is -2.05. The third-order valence-corrected chi connectivity index (χ3v) is 2.24. The van der Waals surface area contributed by atoms with Gasteiger partial charge in [0.05, 0.1) is 12.0 Å². The van der Waals surface area contributed by atoms with Crippen molar-refractivity contribution in [2.75, 3.05) is 0 Å². The van der Waals surface area contributed by atoms with Crippen LogP contribution in [0.15, 0.2) is 29.2 Å². The maximum atomic E-state index is 7.94. The van der Waals surface area contributed by atoms with Crippen LogP contribution in [0.25, 0.3) is 0 Å². The number of hydrogen-bond donors (Lipinski definition) is 2. The van der Waals surface area contributed by atoms with Gasteiger partial charge < -0.3 is 5.73 Å². The van der Waals surface area contributed by atoms with Gasteiger partial charge in [-0.1, -0.05) is 17.2 Å². The van der Waals surface area contributed by atoms with Crippen molar-refractivity contribution in [3.05, 3.63) is 29.8 Å². The third-order valence-electron chi connectivity index (χ3n) is 1.64. The highest BCUT2D eigenvalue weighted by molar-refractivity contribution is 7.94. The fraction of sp³-hybridized carbons (Fsp3) is 0.333. The standard InChI is InChI=1S/C9H13NO3S/c1-7(10)6-8-2-4-9(5-3-8)14-13-12-11/h2-5,7,11H,6,10H2,1H3/t7-/m1/s1. The second-order valence-corrected chi connectivity index (χ2v) is 3.83. The van der Waals surface area contributed by atoms with E-state index < -0.39 is 0 Å². The van der Waals surface area contributed by atoms with E-state index in [1.165, 1.54) is 5.56 Å². The summed E-state index contributed by atoms with van der Waals surface area (Å²) in [5.74, 6) is 0. The first-order valence-electron chi connectivity index (χ1n) is 4.21. The molecule has 0 saturated heterocycles. The molecule has 0 bridgehead atoms. The highest BCUT2D eigenvalue weighted by Crippen LogP contribution is 2.19. The molecule has 1 aromatic carbocycles. The first-order valence-corrected chi connectivity index (χ1v) is 4.96. The van der Waals surface area contributed by atoms with Crippen molar-refractivity contribution in [1.82, 2.24) is 0 Å². The maximum Gasteiger partial charge on any atom is 0.0714 e. The van der Waals surface area contributed by atoms with Crippen LogP contribution in [-0.4, -0.2) is 11.3 Å². The van der Waals surface area contributed by atoms with E-state index in [0.29, 0.717) is 0 Å². The number of rotatable bonds is 5. The summed E-state index contributed by atoms with van der Waals surface area (Å²) in [6.45, 7) is 1.96. The predicted octanol–water partition coefficient (Wildman–Crippen LogP) is 2.00. The molecule has 78 valence electrons. The lowest BCUT2D eigenvalue weighted by Crippen LogP contribution is -2.17. The molecule has 0 fully saturated rings. The summed E-state index contributed by atoms with van der Waals surface area (Å²) >= 11 is 0.945. The van der Waals surface area contributed by atoms with E-state index in [4.69, 9.17) is 11.0 Å². The number of benzene rings is 1. The molecule has 0 aromatic heterocycles. The van der Waals surface area contributed by atoms with Gasteiger partial charge in [-0.15, -0.1) is 4.33 Å². The Kier molecular flexibility index (Phi) is 4.92.